The number of carboxylic acids is 1. The number of carbonyl (C=O) groups excluding carboxylic acids is 2. The van der Waals surface area contributed by atoms with Crippen molar-refractivity contribution in [3.63, 3.8) is 0 Å². The van der Waals surface area contributed by atoms with E-state index in [9.17, 15) is 28.9 Å². The highest BCUT2D eigenvalue weighted by atomic mass is 31.2. The first-order valence-electron chi connectivity index (χ1n) is 22.0. The zero-order chi connectivity index (χ0) is 45.1. The molecule has 4 atom stereocenters. The molecular formula is C48H76NO11P. The standard InChI is InChI=1S/C48H76NO11P/c1-3-5-7-9-11-13-15-17-19-21-23-25-27-29-31-33-35-37-46(51)57-40-44(41-58-61(55,56)59-42-45(49)48(53)54)60-47(52)39-38-43(50)36-34-32-30-28-26-24-22-20-18-16-14-12-10-8-6-4-2/h6,8,12,14,17-20,23-26,29-32,34,36,43-45,50H,3-5,7,9-11,13,15-16,21-22,27-28,33,35,37-42,49H2,1-2H3,(H,53,54)(H,55,56)/b8-6-,14-12-,19-17-,20-18-,25-23-,26-24-,31-29-,32-30-,36-34-/t43?,44-,45+/m1/s1. The Hall–Kier alpha value is -3.90. The molecule has 0 aliphatic carbocycles. The molecule has 5 N–H and O–H groups in total. The van der Waals surface area contributed by atoms with Gasteiger partial charge in [0.2, 0.25) is 0 Å². The summed E-state index contributed by atoms with van der Waals surface area (Å²) in [6.07, 6.45) is 50.7. The molecule has 0 aliphatic heterocycles. The minimum atomic E-state index is -4.80. The summed E-state index contributed by atoms with van der Waals surface area (Å²) in [5, 5.41) is 19.2. The monoisotopic (exact) mass is 874 g/mol. The Labute approximate surface area is 366 Å². The van der Waals surface area contributed by atoms with Gasteiger partial charge in [-0.1, -0.05) is 155 Å². The molecule has 0 spiro atoms. The number of allylic oxidation sites excluding steroid dienone is 17. The molecule has 0 amide bonds. The number of aliphatic hydroxyl groups excluding tert-OH is 1. The molecule has 12 nitrogen and oxygen atoms in total. The van der Waals surface area contributed by atoms with Crippen molar-refractivity contribution in [2.24, 2.45) is 5.73 Å². The van der Waals surface area contributed by atoms with Crippen LogP contribution in [0.4, 0.5) is 0 Å². The lowest BCUT2D eigenvalue weighted by molar-refractivity contribution is -0.161. The van der Waals surface area contributed by atoms with Gasteiger partial charge >= 0.3 is 25.7 Å². The largest absolute Gasteiger partial charge is 0.480 e. The van der Waals surface area contributed by atoms with Crippen molar-refractivity contribution in [3.05, 3.63) is 109 Å². The third-order valence-electron chi connectivity index (χ3n) is 8.62. The fourth-order valence-corrected chi connectivity index (χ4v) is 5.91. The predicted octanol–water partition coefficient (Wildman–Crippen LogP) is 10.8. The number of aliphatic carboxylic acids is 1. The van der Waals surface area contributed by atoms with Crippen molar-refractivity contribution >= 4 is 25.7 Å². The molecule has 0 aromatic carbocycles. The minimum absolute atomic E-state index is 0.0295. The zero-order valence-electron chi connectivity index (χ0n) is 36.8. The second kappa shape index (κ2) is 41.5. The number of phosphoric acid groups is 1. The van der Waals surface area contributed by atoms with Gasteiger partial charge in [-0.2, -0.15) is 0 Å². The quantitative estimate of drug-likeness (QED) is 0.0150. The molecule has 0 fully saturated rings. The van der Waals surface area contributed by atoms with E-state index in [1.807, 2.05) is 24.3 Å². The van der Waals surface area contributed by atoms with E-state index >= 15 is 0 Å². The molecule has 0 aromatic rings. The number of aliphatic hydroxyl groups is 1. The van der Waals surface area contributed by atoms with Crippen molar-refractivity contribution in [3.8, 4) is 0 Å². The van der Waals surface area contributed by atoms with Crippen LogP contribution in [0, 0.1) is 0 Å². The molecule has 0 saturated carbocycles. The normalized spacial score (nSPS) is 15.2. The third-order valence-corrected chi connectivity index (χ3v) is 9.57. The molecular weight excluding hydrogens is 797 g/mol. The van der Waals surface area contributed by atoms with Gasteiger partial charge in [0.1, 0.15) is 12.6 Å². The van der Waals surface area contributed by atoms with Crippen molar-refractivity contribution in [1.82, 2.24) is 0 Å². The fourth-order valence-electron chi connectivity index (χ4n) is 5.13. The Morgan fingerprint density at radius 2 is 1.11 bits per heavy atom. The van der Waals surface area contributed by atoms with Crippen LogP contribution in [-0.4, -0.2) is 71.1 Å². The lowest BCUT2D eigenvalue weighted by Gasteiger charge is -2.20. The minimum Gasteiger partial charge on any atom is -0.480 e. The van der Waals surface area contributed by atoms with E-state index in [0.29, 0.717) is 12.8 Å². The fraction of sp³-hybridized carbons (Fsp3) is 0.562. The molecule has 0 saturated heterocycles. The van der Waals surface area contributed by atoms with Gasteiger partial charge in [0.15, 0.2) is 6.10 Å². The van der Waals surface area contributed by atoms with Gasteiger partial charge in [0.25, 0.3) is 0 Å². The number of carboxylic acid groups (broad SMARTS) is 1. The summed E-state index contributed by atoms with van der Waals surface area (Å²) in [5.41, 5.74) is 5.32. The molecule has 61 heavy (non-hydrogen) atoms. The Bertz CT molecular complexity index is 1460. The smallest absolute Gasteiger partial charge is 0.472 e. The number of hydrogen-bond acceptors (Lipinski definition) is 10. The summed E-state index contributed by atoms with van der Waals surface area (Å²) in [6, 6.07) is -1.57. The van der Waals surface area contributed by atoms with E-state index in [1.54, 1.807) is 12.2 Å². The Morgan fingerprint density at radius 1 is 0.607 bits per heavy atom. The highest BCUT2D eigenvalue weighted by Gasteiger charge is 2.28. The van der Waals surface area contributed by atoms with E-state index in [0.717, 1.165) is 51.4 Å². The number of unbranched alkanes of at least 4 members (excludes halogenated alkanes) is 7. The van der Waals surface area contributed by atoms with Crippen LogP contribution in [0.5, 0.6) is 0 Å². The lowest BCUT2D eigenvalue weighted by Crippen LogP contribution is -2.34. The summed E-state index contributed by atoms with van der Waals surface area (Å²) in [5.74, 6) is -2.77. The number of nitrogens with two attached hydrogens (primary N) is 1. The summed E-state index contributed by atoms with van der Waals surface area (Å²) in [6.45, 7) is 2.36. The van der Waals surface area contributed by atoms with Gasteiger partial charge in [-0.05, 0) is 77.0 Å². The van der Waals surface area contributed by atoms with Crippen LogP contribution in [0.1, 0.15) is 136 Å². The first-order chi connectivity index (χ1) is 29.5. The summed E-state index contributed by atoms with van der Waals surface area (Å²) >= 11 is 0. The first-order valence-corrected chi connectivity index (χ1v) is 23.5. The van der Waals surface area contributed by atoms with Gasteiger partial charge in [-0.25, -0.2) is 4.57 Å². The van der Waals surface area contributed by atoms with Crippen LogP contribution in [0.3, 0.4) is 0 Å². The van der Waals surface area contributed by atoms with Gasteiger partial charge in [-0.15, -0.1) is 0 Å². The number of rotatable bonds is 39. The molecule has 0 heterocycles. The van der Waals surface area contributed by atoms with Crippen molar-refractivity contribution in [2.75, 3.05) is 19.8 Å². The molecule has 0 aliphatic rings. The highest BCUT2D eigenvalue weighted by Crippen LogP contribution is 2.43. The van der Waals surface area contributed by atoms with Gasteiger partial charge in [-0.3, -0.25) is 23.4 Å². The van der Waals surface area contributed by atoms with Crippen LogP contribution >= 0.6 is 7.82 Å². The summed E-state index contributed by atoms with van der Waals surface area (Å²) in [4.78, 5) is 46.0. The Kier molecular flexibility index (Phi) is 38.8. The van der Waals surface area contributed by atoms with Crippen LogP contribution in [0.2, 0.25) is 0 Å². The topological polar surface area (TPSA) is 192 Å². The zero-order valence-corrected chi connectivity index (χ0v) is 37.7. The highest BCUT2D eigenvalue weighted by molar-refractivity contribution is 7.47. The summed E-state index contributed by atoms with van der Waals surface area (Å²) in [7, 11) is -4.80. The van der Waals surface area contributed by atoms with Gasteiger partial charge in [0, 0.05) is 12.8 Å². The number of carbonyl (C=O) groups is 3. The van der Waals surface area contributed by atoms with E-state index in [4.69, 9.17) is 24.8 Å². The van der Waals surface area contributed by atoms with E-state index < -0.39 is 63.8 Å². The Morgan fingerprint density at radius 3 is 1.69 bits per heavy atom. The van der Waals surface area contributed by atoms with Crippen molar-refractivity contribution < 1.29 is 52.6 Å². The SMILES string of the molecule is CC/C=C\C/C=C\C/C=C\C/C=C\C/C=C\C=C/C(O)CCC(=O)O[C@H](COC(=O)CCC/C=C\C/C=C\C/C=C\CCCCCCCC)COP(=O)(O)OC[C@H](N)C(=O)O. The van der Waals surface area contributed by atoms with Crippen LogP contribution < -0.4 is 5.73 Å². The molecule has 2 unspecified atom stereocenters. The first kappa shape index (κ1) is 57.1. The number of esters is 2. The number of ether oxygens (including phenoxy) is 2. The Balaban J connectivity index is 4.70. The van der Waals surface area contributed by atoms with Crippen LogP contribution in [0.15, 0.2) is 109 Å². The third kappa shape index (κ3) is 41.2. The van der Waals surface area contributed by atoms with Crippen LogP contribution in [0.25, 0.3) is 0 Å². The second-order valence-corrected chi connectivity index (χ2v) is 15.7. The average molecular weight is 874 g/mol. The maximum Gasteiger partial charge on any atom is 0.472 e. The van der Waals surface area contributed by atoms with Crippen molar-refractivity contribution in [2.45, 2.75) is 154 Å². The second-order valence-electron chi connectivity index (χ2n) is 14.3. The van der Waals surface area contributed by atoms with E-state index in [1.165, 1.54) is 44.6 Å². The van der Waals surface area contributed by atoms with E-state index in [2.05, 4.69) is 85.2 Å². The predicted molar refractivity (Wildman–Crippen MR) is 246 cm³/mol. The van der Waals surface area contributed by atoms with Gasteiger partial charge in [0.05, 0.1) is 19.3 Å². The van der Waals surface area contributed by atoms with Crippen LogP contribution in [-0.2, 0) is 37.5 Å². The maximum atomic E-state index is 12.6. The molecule has 0 radical (unpaired) electrons. The van der Waals surface area contributed by atoms with Gasteiger partial charge < -0.3 is 30.3 Å². The number of phosphoric ester groups is 1. The average Bonchev–Trinajstić information content (AvgIpc) is 3.23. The molecule has 0 bridgehead atoms. The van der Waals surface area contributed by atoms with E-state index in [-0.39, 0.29) is 19.3 Å². The molecule has 13 heteroatoms. The molecule has 344 valence electrons. The lowest BCUT2D eigenvalue weighted by atomic mass is 10.1. The summed E-state index contributed by atoms with van der Waals surface area (Å²) < 4.78 is 32.4. The number of hydrogen-bond donors (Lipinski definition) is 4. The maximum absolute atomic E-state index is 12.6. The molecule has 0 aromatic heterocycles. The molecule has 0 rings (SSSR count). The van der Waals surface area contributed by atoms with Crippen molar-refractivity contribution in [1.29, 1.82) is 0 Å².